The average Bonchev–Trinajstić information content (AvgIpc) is 0.792. The fourth-order valence-electron chi connectivity index (χ4n) is 16.4. The van der Waals surface area contributed by atoms with Crippen LogP contribution in [0.4, 0.5) is 0 Å². The summed E-state index contributed by atoms with van der Waals surface area (Å²) in [5, 5.41) is 0. The van der Waals surface area contributed by atoms with Gasteiger partial charge < -0.3 is 0 Å². The van der Waals surface area contributed by atoms with Gasteiger partial charge in [0.2, 0.25) is 0 Å². The largest absolute Gasteiger partial charge is 0.255 e. The molecule has 0 aliphatic rings. The Morgan fingerprint density at radius 2 is 0.338 bits per heavy atom. The zero-order valence-electron chi connectivity index (χ0n) is 75.6. The van der Waals surface area contributed by atoms with Gasteiger partial charge in [-0.3, -0.25) is 24.9 Å². The highest BCUT2D eigenvalue weighted by Gasteiger charge is 2.21. The molecular formula is C124H85N15. The van der Waals surface area contributed by atoms with Gasteiger partial charge in [0.05, 0.1) is 108 Å². The van der Waals surface area contributed by atoms with E-state index in [-0.39, 0.29) is 0 Å². The van der Waals surface area contributed by atoms with Crippen LogP contribution >= 0.6 is 0 Å². The minimum atomic E-state index is 0.614. The van der Waals surface area contributed by atoms with Crippen LogP contribution in [0.5, 0.6) is 0 Å². The zero-order chi connectivity index (χ0) is 93.3. The Kier molecular flexibility index (Phi) is 25.6. The van der Waals surface area contributed by atoms with Crippen LogP contribution in [0.1, 0.15) is 5.56 Å². The predicted molar refractivity (Wildman–Crippen MR) is 560 cm³/mol. The monoisotopic (exact) mass is 1780 g/mol. The van der Waals surface area contributed by atoms with Crippen LogP contribution in [0.25, 0.3) is 226 Å². The minimum Gasteiger partial charge on any atom is -0.255 e. The van der Waals surface area contributed by atoms with Crippen molar-refractivity contribution in [2.75, 3.05) is 0 Å². The van der Waals surface area contributed by atoms with Crippen molar-refractivity contribution < 1.29 is 0 Å². The number of hydrogen-bond acceptors (Lipinski definition) is 15. The van der Waals surface area contributed by atoms with Gasteiger partial charge in [-0.1, -0.05) is 351 Å². The van der Waals surface area contributed by atoms with E-state index >= 15 is 0 Å². The topological polar surface area (TPSA) is 193 Å². The van der Waals surface area contributed by atoms with Crippen molar-refractivity contribution in [3.63, 3.8) is 0 Å². The molecule has 139 heavy (non-hydrogen) atoms. The molecule has 0 unspecified atom stereocenters. The molecule has 0 aliphatic heterocycles. The maximum atomic E-state index is 5.09. The Balaban J connectivity index is 0.000000124. The van der Waals surface area contributed by atoms with Gasteiger partial charge in [0.15, 0.2) is 17.5 Å². The summed E-state index contributed by atoms with van der Waals surface area (Å²) in [6.45, 7) is 2.09. The third kappa shape index (κ3) is 20.6. The number of nitrogens with zero attached hydrogens (tertiary/aromatic N) is 15. The molecular weight excluding hydrogens is 1700 g/mol. The van der Waals surface area contributed by atoms with Crippen LogP contribution in [0.3, 0.4) is 0 Å². The lowest BCUT2D eigenvalue weighted by Gasteiger charge is -2.11. The molecule has 12 heterocycles. The van der Waals surface area contributed by atoms with E-state index in [4.69, 9.17) is 69.8 Å². The molecule has 0 spiro atoms. The summed E-state index contributed by atoms with van der Waals surface area (Å²) in [6, 6.07) is 157. The van der Waals surface area contributed by atoms with E-state index in [1.54, 1.807) is 6.20 Å². The third-order valence-corrected chi connectivity index (χ3v) is 23.7. The van der Waals surface area contributed by atoms with Crippen LogP contribution < -0.4 is 0 Å². The highest BCUT2D eigenvalue weighted by molar-refractivity contribution is 5.83. The first-order valence-electron chi connectivity index (χ1n) is 45.8. The molecule has 0 atom stereocenters. The first kappa shape index (κ1) is 86.7. The highest BCUT2D eigenvalue weighted by Crippen LogP contribution is 2.39. The fraction of sp³-hybridized carbons (Fsp3) is 0.00806. The summed E-state index contributed by atoms with van der Waals surface area (Å²) in [7, 11) is 0. The van der Waals surface area contributed by atoms with Gasteiger partial charge in [0.1, 0.15) is 0 Å². The Labute approximate surface area is 805 Å². The highest BCUT2D eigenvalue weighted by atomic mass is 14.9. The van der Waals surface area contributed by atoms with Crippen LogP contribution in [-0.2, 0) is 0 Å². The molecule has 15 nitrogen and oxygen atoms in total. The number of pyridine rings is 9. The molecule has 23 aromatic rings. The maximum Gasteiger partial charge on any atom is 0.161 e. The van der Waals surface area contributed by atoms with Crippen molar-refractivity contribution in [1.82, 2.24) is 74.8 Å². The van der Waals surface area contributed by atoms with Gasteiger partial charge in [0, 0.05) is 92.2 Å². The molecule has 0 aliphatic carbocycles. The molecule has 12 aromatic heterocycles. The summed E-state index contributed by atoms with van der Waals surface area (Å²) in [4.78, 5) is 73.9. The van der Waals surface area contributed by atoms with E-state index in [0.29, 0.717) is 17.5 Å². The van der Waals surface area contributed by atoms with Crippen molar-refractivity contribution in [3.8, 4) is 226 Å². The van der Waals surface area contributed by atoms with Gasteiger partial charge in [-0.15, -0.1) is 0 Å². The standard InChI is InChI=1S/2C43H29N5.C38H27N5/c1-5-14-30(15-6-1)35-26-41(46-42(27-35)38-23-13-22-36(45-38)31-16-7-2-8-17-31)37-25-24-34(29-44-37)43-47-39(32-18-9-3-10-19-32)28-40(48-43)33-20-11-4-12-21-33;1-5-13-30(14-6-1)34-21-23-37(44-28-34)41-25-36(31-15-7-2-8-16-31)26-42(46-41)38-24-22-35(29-45-38)43-47-39(32-17-9-3-10-18-32)27-40(48-43)33-19-11-4-12-20-33;1-26-15-17-27(18-16-26)31-22-36(32-14-8-9-21-39-32)41-37(23-31)33-20-19-30(25-40-33)35-24-34(28-10-4-2-5-11-28)42-38(43-35)29-12-6-3-7-13-29/h2*1-29H;2-25H,1H3. The maximum absolute atomic E-state index is 5.09. The molecule has 11 aromatic carbocycles. The SMILES string of the molecule is Cc1ccc(-c2cc(-c3ccccn3)nc(-c3ccc(-c4cc(-c5ccccc5)nc(-c5ccccc5)n4)cn3)c2)cc1.c1ccc(-c2cc(-c3ccc(-c4nc(-c5ccccc5)cc(-c5ccccc5)n4)cn3)nc(-c3cccc(-c4ccccc4)n3)c2)cc1.c1ccc(-c2ccc(-c3cc(-c4ccccc4)cc(-c4ccc(-c5nc(-c6ccccc6)cc(-c6ccccc6)n5)cn4)n3)nc2)cc1. The number of benzene rings is 11. The predicted octanol–water partition coefficient (Wildman–Crippen LogP) is 29.6. The quantitative estimate of drug-likeness (QED) is 0.0699. The number of aryl methyl sites for hydroxylation is 1. The summed E-state index contributed by atoms with van der Waals surface area (Å²) in [6.07, 6.45) is 9.22. The lowest BCUT2D eigenvalue weighted by Crippen LogP contribution is -1.97. The van der Waals surface area contributed by atoms with Crippen molar-refractivity contribution in [3.05, 3.63) is 504 Å². The van der Waals surface area contributed by atoms with E-state index < -0.39 is 0 Å². The molecule has 0 fully saturated rings. The van der Waals surface area contributed by atoms with E-state index in [9.17, 15) is 0 Å². The average molecular weight is 1790 g/mol. The van der Waals surface area contributed by atoms with Gasteiger partial charge in [-0.2, -0.15) is 0 Å². The second kappa shape index (κ2) is 41.0. The molecule has 0 bridgehead atoms. The van der Waals surface area contributed by atoms with E-state index in [1.165, 1.54) is 5.56 Å². The Hall–Kier alpha value is -19.0. The molecule has 0 radical (unpaired) electrons. The van der Waals surface area contributed by atoms with Gasteiger partial charge in [0.25, 0.3) is 0 Å². The third-order valence-electron chi connectivity index (χ3n) is 23.7. The number of rotatable bonds is 20. The Morgan fingerprint density at radius 3 is 0.647 bits per heavy atom. The molecule has 0 N–H and O–H groups in total. The lowest BCUT2D eigenvalue weighted by molar-refractivity contribution is 1.17. The molecule has 0 amide bonds. The van der Waals surface area contributed by atoms with Gasteiger partial charge in [-0.25, -0.2) is 49.8 Å². The minimum absolute atomic E-state index is 0.614. The van der Waals surface area contributed by atoms with Crippen LogP contribution in [0.2, 0.25) is 0 Å². The summed E-state index contributed by atoms with van der Waals surface area (Å²) < 4.78 is 0. The van der Waals surface area contributed by atoms with E-state index in [0.717, 1.165) is 208 Å². The fourth-order valence-corrected chi connectivity index (χ4v) is 16.4. The van der Waals surface area contributed by atoms with Gasteiger partial charge in [-0.05, 0) is 167 Å². The summed E-state index contributed by atoms with van der Waals surface area (Å²) in [5.41, 5.74) is 34.9. The summed E-state index contributed by atoms with van der Waals surface area (Å²) in [5.74, 6) is 1.90. The van der Waals surface area contributed by atoms with Crippen molar-refractivity contribution in [2.24, 2.45) is 0 Å². The second-order valence-corrected chi connectivity index (χ2v) is 33.1. The first-order valence-corrected chi connectivity index (χ1v) is 45.8. The van der Waals surface area contributed by atoms with Crippen molar-refractivity contribution in [1.29, 1.82) is 0 Å². The molecule has 0 saturated heterocycles. The Morgan fingerprint density at radius 1 is 0.115 bits per heavy atom. The first-order chi connectivity index (χ1) is 68.7. The molecule has 656 valence electrons. The van der Waals surface area contributed by atoms with Crippen LogP contribution in [-0.4, -0.2) is 74.8 Å². The smallest absolute Gasteiger partial charge is 0.161 e. The molecule has 0 saturated carbocycles. The number of aromatic nitrogens is 15. The lowest BCUT2D eigenvalue weighted by atomic mass is 10.0. The second-order valence-electron chi connectivity index (χ2n) is 33.1. The zero-order valence-corrected chi connectivity index (χ0v) is 75.6. The van der Waals surface area contributed by atoms with E-state index in [2.05, 4.69) is 194 Å². The van der Waals surface area contributed by atoms with Crippen molar-refractivity contribution >= 4 is 0 Å². The van der Waals surface area contributed by atoms with E-state index in [1.807, 2.05) is 310 Å². The summed E-state index contributed by atoms with van der Waals surface area (Å²) >= 11 is 0. The number of hydrogen-bond donors (Lipinski definition) is 0. The Bertz CT molecular complexity index is 7950. The van der Waals surface area contributed by atoms with Gasteiger partial charge >= 0.3 is 0 Å². The molecule has 23 rings (SSSR count). The molecule has 15 heteroatoms. The van der Waals surface area contributed by atoms with Crippen molar-refractivity contribution in [2.45, 2.75) is 6.92 Å². The van der Waals surface area contributed by atoms with Crippen LogP contribution in [0, 0.1) is 6.92 Å². The van der Waals surface area contributed by atoms with Crippen LogP contribution in [0.15, 0.2) is 498 Å². The normalized spacial score (nSPS) is 10.9.